The molecule has 2 N–H and O–H groups in total. The third-order valence-corrected chi connectivity index (χ3v) is 8.48. The molecule has 1 fully saturated rings. The summed E-state index contributed by atoms with van der Waals surface area (Å²) < 4.78 is 43.7. The standard InChI is InChI=1S/C30H31F3N8/c1-4-41-12-11-23-26(27(41)30(31,32)33)37-29(35-23)20-9-7-19(13-16(20)2)28-36-24(40(3)39-28)14-18-8-10-22-21(15-34-38-22)25(18)17-5-6-17/h7-10,13,15,17,27H,4-6,11-12,14H2,1-3H3,(H,34,38)(H,35,37). The number of fused-ring (bicyclic) bond motifs is 2. The lowest BCUT2D eigenvalue weighted by Crippen LogP contribution is -2.43. The van der Waals surface area contributed by atoms with Gasteiger partial charge in [-0.25, -0.2) is 9.97 Å². The molecule has 212 valence electrons. The third-order valence-electron chi connectivity index (χ3n) is 8.48. The predicted octanol–water partition coefficient (Wildman–Crippen LogP) is 6.01. The Bertz CT molecular complexity index is 1760. The van der Waals surface area contributed by atoms with E-state index in [2.05, 4.69) is 32.3 Å². The zero-order chi connectivity index (χ0) is 28.5. The number of aromatic nitrogens is 7. The number of aryl methyl sites for hydroxylation is 2. The van der Waals surface area contributed by atoms with Crippen molar-refractivity contribution in [3.8, 4) is 22.8 Å². The number of aromatic amines is 2. The van der Waals surface area contributed by atoms with Crippen molar-refractivity contribution in [2.75, 3.05) is 13.1 Å². The minimum atomic E-state index is -4.39. The smallest absolute Gasteiger partial charge is 0.342 e. The van der Waals surface area contributed by atoms with Gasteiger partial charge in [-0.2, -0.15) is 23.4 Å². The maximum Gasteiger partial charge on any atom is 0.409 e. The fourth-order valence-corrected chi connectivity index (χ4v) is 6.25. The molecule has 41 heavy (non-hydrogen) atoms. The molecule has 0 amide bonds. The van der Waals surface area contributed by atoms with Gasteiger partial charge in [0.25, 0.3) is 0 Å². The van der Waals surface area contributed by atoms with Crippen LogP contribution < -0.4 is 0 Å². The van der Waals surface area contributed by atoms with E-state index in [9.17, 15) is 13.2 Å². The number of hydrogen-bond donors (Lipinski definition) is 2. The van der Waals surface area contributed by atoms with Gasteiger partial charge < -0.3 is 4.98 Å². The van der Waals surface area contributed by atoms with Gasteiger partial charge in [0.15, 0.2) is 11.9 Å². The first-order valence-corrected chi connectivity index (χ1v) is 14.1. The van der Waals surface area contributed by atoms with Gasteiger partial charge in [0.2, 0.25) is 0 Å². The largest absolute Gasteiger partial charge is 0.409 e. The molecule has 1 saturated carbocycles. The Morgan fingerprint density at radius 1 is 1.10 bits per heavy atom. The highest BCUT2D eigenvalue weighted by atomic mass is 19.4. The highest BCUT2D eigenvalue weighted by Crippen LogP contribution is 2.45. The summed E-state index contributed by atoms with van der Waals surface area (Å²) in [7, 11) is 1.91. The third kappa shape index (κ3) is 4.52. The maximum atomic E-state index is 14.0. The summed E-state index contributed by atoms with van der Waals surface area (Å²) in [5, 5.41) is 13.2. The van der Waals surface area contributed by atoms with Gasteiger partial charge in [0.1, 0.15) is 11.6 Å². The Labute approximate surface area is 235 Å². The lowest BCUT2D eigenvalue weighted by atomic mass is 9.96. The average molecular weight is 561 g/mol. The molecule has 1 aliphatic heterocycles. The van der Waals surface area contributed by atoms with Crippen molar-refractivity contribution < 1.29 is 13.2 Å². The fourth-order valence-electron chi connectivity index (χ4n) is 6.25. The molecule has 0 spiro atoms. The number of benzene rings is 2. The summed E-state index contributed by atoms with van der Waals surface area (Å²) in [5.74, 6) is 2.51. The van der Waals surface area contributed by atoms with Crippen LogP contribution in [0.3, 0.4) is 0 Å². The van der Waals surface area contributed by atoms with Crippen molar-refractivity contribution in [3.05, 3.63) is 70.4 Å². The predicted molar refractivity (Wildman–Crippen MR) is 149 cm³/mol. The van der Waals surface area contributed by atoms with Crippen molar-refractivity contribution in [2.24, 2.45) is 7.05 Å². The molecule has 1 unspecified atom stereocenters. The average Bonchev–Trinajstić information content (AvgIpc) is 3.32. The van der Waals surface area contributed by atoms with Crippen LogP contribution in [0, 0.1) is 6.92 Å². The number of nitrogens with zero attached hydrogens (tertiary/aromatic N) is 6. The first kappa shape index (κ1) is 25.9. The highest BCUT2D eigenvalue weighted by Gasteiger charge is 2.48. The lowest BCUT2D eigenvalue weighted by Gasteiger charge is -2.34. The van der Waals surface area contributed by atoms with Crippen LogP contribution in [0.25, 0.3) is 33.7 Å². The molecule has 0 saturated heterocycles. The van der Waals surface area contributed by atoms with Crippen molar-refractivity contribution in [2.45, 2.75) is 57.7 Å². The first-order valence-electron chi connectivity index (χ1n) is 14.1. The number of likely N-dealkylation sites (N-methyl/N-ethyl adjacent to an activating group) is 1. The molecular formula is C30H31F3N8. The van der Waals surface area contributed by atoms with Crippen molar-refractivity contribution in [3.63, 3.8) is 0 Å². The van der Waals surface area contributed by atoms with Gasteiger partial charge in [-0.15, -0.1) is 0 Å². The van der Waals surface area contributed by atoms with E-state index >= 15 is 0 Å². The van der Waals surface area contributed by atoms with Crippen LogP contribution in [0.1, 0.15) is 65.6 Å². The van der Waals surface area contributed by atoms with E-state index in [-0.39, 0.29) is 5.69 Å². The quantitative estimate of drug-likeness (QED) is 0.266. The van der Waals surface area contributed by atoms with E-state index < -0.39 is 12.2 Å². The van der Waals surface area contributed by atoms with Crippen LogP contribution >= 0.6 is 0 Å². The molecule has 2 aliphatic rings. The molecular weight excluding hydrogens is 529 g/mol. The summed E-state index contributed by atoms with van der Waals surface area (Å²) in [6.07, 6.45) is 1.09. The molecule has 2 aromatic carbocycles. The monoisotopic (exact) mass is 560 g/mol. The molecule has 5 aromatic rings. The van der Waals surface area contributed by atoms with Gasteiger partial charge in [-0.1, -0.05) is 25.1 Å². The molecule has 4 heterocycles. The SMILES string of the molecule is CCN1CCc2[nH]c(-c3ccc(-c4nc(Cc5ccc6[nH]ncc6c5C5CC5)n(C)n4)cc3C)nc2C1C(F)(F)F. The Kier molecular flexibility index (Phi) is 6.04. The second-order valence-electron chi connectivity index (χ2n) is 11.2. The summed E-state index contributed by atoms with van der Waals surface area (Å²) in [6.45, 7) is 4.35. The second kappa shape index (κ2) is 9.54. The Morgan fingerprint density at radius 3 is 2.66 bits per heavy atom. The maximum absolute atomic E-state index is 14.0. The number of H-pyrrole nitrogens is 2. The number of hydrogen-bond acceptors (Lipinski definition) is 5. The minimum absolute atomic E-state index is 0.0827. The van der Waals surface area contributed by atoms with E-state index in [0.29, 0.717) is 49.2 Å². The summed E-state index contributed by atoms with van der Waals surface area (Å²) in [4.78, 5) is 14.0. The summed E-state index contributed by atoms with van der Waals surface area (Å²) in [6, 6.07) is 8.33. The zero-order valence-electron chi connectivity index (χ0n) is 23.2. The van der Waals surface area contributed by atoms with Gasteiger partial charge in [0.05, 0.1) is 17.4 Å². The molecule has 3 aromatic heterocycles. The van der Waals surface area contributed by atoms with Crippen LogP contribution in [0.5, 0.6) is 0 Å². The zero-order valence-corrected chi connectivity index (χ0v) is 23.2. The first-order chi connectivity index (χ1) is 19.7. The highest BCUT2D eigenvalue weighted by molar-refractivity contribution is 5.84. The molecule has 11 heteroatoms. The molecule has 0 radical (unpaired) electrons. The number of alkyl halides is 3. The van der Waals surface area contributed by atoms with Crippen molar-refractivity contribution in [1.82, 2.24) is 39.8 Å². The Hall–Kier alpha value is -3.99. The number of halogens is 3. The van der Waals surface area contributed by atoms with E-state index in [1.165, 1.54) is 34.3 Å². The topological polar surface area (TPSA) is 91.3 Å². The minimum Gasteiger partial charge on any atom is -0.342 e. The lowest BCUT2D eigenvalue weighted by molar-refractivity contribution is -0.189. The van der Waals surface area contributed by atoms with Gasteiger partial charge in [-0.05, 0) is 61.1 Å². The van der Waals surface area contributed by atoms with Gasteiger partial charge in [0, 0.05) is 48.6 Å². The van der Waals surface area contributed by atoms with Crippen molar-refractivity contribution >= 4 is 10.9 Å². The van der Waals surface area contributed by atoms with E-state index in [0.717, 1.165) is 28.0 Å². The molecule has 0 bridgehead atoms. The Morgan fingerprint density at radius 2 is 1.93 bits per heavy atom. The molecule has 1 aliphatic carbocycles. The Balaban J connectivity index is 1.18. The van der Waals surface area contributed by atoms with Crippen LogP contribution in [-0.2, 0) is 19.9 Å². The number of nitrogens with one attached hydrogen (secondary N) is 2. The van der Waals surface area contributed by atoms with Crippen LogP contribution in [0.4, 0.5) is 13.2 Å². The van der Waals surface area contributed by atoms with Crippen LogP contribution in [-0.4, -0.2) is 59.1 Å². The molecule has 1 atom stereocenters. The summed E-state index contributed by atoms with van der Waals surface area (Å²) in [5.41, 5.74) is 6.81. The van der Waals surface area contributed by atoms with Crippen LogP contribution in [0.2, 0.25) is 0 Å². The van der Waals surface area contributed by atoms with E-state index in [1.54, 1.807) is 6.92 Å². The van der Waals surface area contributed by atoms with Gasteiger partial charge in [-0.3, -0.25) is 14.7 Å². The van der Waals surface area contributed by atoms with Crippen molar-refractivity contribution in [1.29, 1.82) is 0 Å². The van der Waals surface area contributed by atoms with Crippen LogP contribution in [0.15, 0.2) is 36.5 Å². The number of rotatable bonds is 6. The molecule has 7 rings (SSSR count). The second-order valence-corrected chi connectivity index (χ2v) is 11.2. The summed E-state index contributed by atoms with van der Waals surface area (Å²) >= 11 is 0. The normalized spacial score (nSPS) is 17.9. The molecule has 8 nitrogen and oxygen atoms in total. The van der Waals surface area contributed by atoms with E-state index in [4.69, 9.17) is 10.1 Å². The van der Waals surface area contributed by atoms with Gasteiger partial charge >= 0.3 is 6.18 Å². The van der Waals surface area contributed by atoms with E-state index in [1.807, 2.05) is 43.0 Å². The fraction of sp³-hybridized carbons (Fsp3) is 0.400. The number of imidazole rings is 1.